The summed E-state index contributed by atoms with van der Waals surface area (Å²) >= 11 is 0. The van der Waals surface area contributed by atoms with Crippen molar-refractivity contribution >= 4 is 39.8 Å². The zero-order chi connectivity index (χ0) is 16.7. The van der Waals surface area contributed by atoms with Crippen LogP contribution in [0, 0.1) is 11.7 Å². The molecule has 136 valence electrons. The molecule has 0 aromatic heterocycles. The highest BCUT2D eigenvalue weighted by molar-refractivity contribution is 14.0. The molecule has 1 aliphatic heterocycles. The highest BCUT2D eigenvalue weighted by atomic mass is 127. The largest absolute Gasteiger partial charge is 0.357 e. The third-order valence-corrected chi connectivity index (χ3v) is 5.63. The molecule has 2 N–H and O–H groups in total. The average Bonchev–Trinajstić information content (AvgIpc) is 2.86. The molecule has 24 heavy (non-hydrogen) atoms. The summed E-state index contributed by atoms with van der Waals surface area (Å²) in [6, 6.07) is 6.44. The molecule has 0 saturated carbocycles. The van der Waals surface area contributed by atoms with Gasteiger partial charge in [-0.15, -0.1) is 24.0 Å². The maximum Gasteiger partial charge on any atom is 0.191 e. The predicted octanol–water partition coefficient (Wildman–Crippen LogP) is 1.98. The molecule has 8 heteroatoms. The number of rotatable bonds is 6. The van der Waals surface area contributed by atoms with Gasteiger partial charge < -0.3 is 10.6 Å². The van der Waals surface area contributed by atoms with Gasteiger partial charge in [0.1, 0.15) is 5.82 Å². The van der Waals surface area contributed by atoms with E-state index < -0.39 is 9.84 Å². The van der Waals surface area contributed by atoms with Gasteiger partial charge in [-0.05, 0) is 43.4 Å². The standard InChI is InChI=1S/C16H24FN3O2S.HI/c1-2-18-16(20-11-14-8-10-23(21,22)12-14)19-9-7-13-3-5-15(17)6-4-13;/h3-6,14H,2,7-12H2,1H3,(H2,18,19,20);1H. The first-order valence-corrected chi connectivity index (χ1v) is 9.77. The van der Waals surface area contributed by atoms with Crippen molar-refractivity contribution in [3.8, 4) is 0 Å². The molecule has 1 aromatic rings. The number of hydrogen-bond acceptors (Lipinski definition) is 3. The van der Waals surface area contributed by atoms with Crippen LogP contribution in [0.25, 0.3) is 0 Å². The fourth-order valence-electron chi connectivity index (χ4n) is 2.55. The van der Waals surface area contributed by atoms with Crippen LogP contribution in [-0.4, -0.2) is 45.5 Å². The fourth-order valence-corrected chi connectivity index (χ4v) is 4.40. The molecule has 1 fully saturated rings. The van der Waals surface area contributed by atoms with Gasteiger partial charge in [-0.2, -0.15) is 0 Å². The van der Waals surface area contributed by atoms with E-state index in [0.717, 1.165) is 18.5 Å². The quantitative estimate of drug-likeness (QED) is 0.380. The van der Waals surface area contributed by atoms with Crippen LogP contribution >= 0.6 is 24.0 Å². The Morgan fingerprint density at radius 1 is 1.29 bits per heavy atom. The van der Waals surface area contributed by atoms with Crippen molar-refractivity contribution in [3.63, 3.8) is 0 Å². The van der Waals surface area contributed by atoms with Crippen molar-refractivity contribution in [1.29, 1.82) is 0 Å². The summed E-state index contributed by atoms with van der Waals surface area (Å²) in [4.78, 5) is 4.48. The van der Waals surface area contributed by atoms with Crippen LogP contribution in [0.3, 0.4) is 0 Å². The van der Waals surface area contributed by atoms with Gasteiger partial charge in [0.05, 0.1) is 11.5 Å². The highest BCUT2D eigenvalue weighted by Crippen LogP contribution is 2.18. The zero-order valence-corrected chi connectivity index (χ0v) is 16.9. The number of benzene rings is 1. The lowest BCUT2D eigenvalue weighted by Gasteiger charge is -2.12. The molecule has 0 aliphatic carbocycles. The second-order valence-electron chi connectivity index (χ2n) is 5.79. The van der Waals surface area contributed by atoms with Crippen molar-refractivity contribution in [2.24, 2.45) is 10.9 Å². The Hall–Kier alpha value is -0.900. The van der Waals surface area contributed by atoms with Gasteiger partial charge in [0.25, 0.3) is 0 Å². The second kappa shape index (κ2) is 10.2. The normalized spacial score (nSPS) is 19.6. The number of aliphatic imine (C=N–C) groups is 1. The molecule has 0 amide bonds. The van der Waals surface area contributed by atoms with E-state index in [1.807, 2.05) is 6.92 Å². The van der Waals surface area contributed by atoms with E-state index in [-0.39, 0.29) is 47.2 Å². The molecule has 1 aromatic carbocycles. The van der Waals surface area contributed by atoms with Crippen molar-refractivity contribution in [3.05, 3.63) is 35.6 Å². The minimum atomic E-state index is -2.85. The van der Waals surface area contributed by atoms with Crippen molar-refractivity contribution < 1.29 is 12.8 Å². The molecule has 0 bridgehead atoms. The average molecular weight is 469 g/mol. The molecule has 0 spiro atoms. The van der Waals surface area contributed by atoms with Gasteiger partial charge in [-0.25, -0.2) is 12.8 Å². The van der Waals surface area contributed by atoms with Crippen LogP contribution in [0.5, 0.6) is 0 Å². The number of halogens is 2. The number of sulfone groups is 1. The van der Waals surface area contributed by atoms with E-state index in [1.54, 1.807) is 12.1 Å². The lowest BCUT2D eigenvalue weighted by Crippen LogP contribution is -2.38. The minimum Gasteiger partial charge on any atom is -0.357 e. The molecule has 1 aliphatic rings. The topological polar surface area (TPSA) is 70.6 Å². The Labute approximate surface area is 160 Å². The molecule has 1 saturated heterocycles. The highest BCUT2D eigenvalue weighted by Gasteiger charge is 2.27. The number of guanidine groups is 1. The monoisotopic (exact) mass is 469 g/mol. The Bertz CT molecular complexity index is 635. The molecule has 5 nitrogen and oxygen atoms in total. The van der Waals surface area contributed by atoms with Crippen LogP contribution in [0.1, 0.15) is 18.9 Å². The molecule has 1 atom stereocenters. The van der Waals surface area contributed by atoms with Gasteiger partial charge in [0.15, 0.2) is 15.8 Å². The smallest absolute Gasteiger partial charge is 0.191 e. The van der Waals surface area contributed by atoms with Gasteiger partial charge in [-0.1, -0.05) is 12.1 Å². The van der Waals surface area contributed by atoms with Gasteiger partial charge in [0.2, 0.25) is 0 Å². The first-order chi connectivity index (χ1) is 11.0. The van der Waals surface area contributed by atoms with Crippen LogP contribution in [-0.2, 0) is 16.3 Å². The third kappa shape index (κ3) is 7.33. The summed E-state index contributed by atoms with van der Waals surface area (Å²) in [5, 5.41) is 6.38. The summed E-state index contributed by atoms with van der Waals surface area (Å²) in [5.74, 6) is 1.10. The third-order valence-electron chi connectivity index (χ3n) is 3.80. The molecule has 0 radical (unpaired) electrons. The zero-order valence-electron chi connectivity index (χ0n) is 13.8. The Morgan fingerprint density at radius 3 is 2.58 bits per heavy atom. The second-order valence-corrected chi connectivity index (χ2v) is 8.02. The molecular weight excluding hydrogens is 444 g/mol. The Balaban J connectivity index is 0.00000288. The molecule has 1 heterocycles. The van der Waals surface area contributed by atoms with Gasteiger partial charge in [-0.3, -0.25) is 4.99 Å². The first-order valence-electron chi connectivity index (χ1n) is 7.95. The van der Waals surface area contributed by atoms with Crippen molar-refractivity contribution in [2.45, 2.75) is 19.8 Å². The number of nitrogens with zero attached hydrogens (tertiary/aromatic N) is 1. The van der Waals surface area contributed by atoms with Crippen LogP contribution in [0.2, 0.25) is 0 Å². The van der Waals surface area contributed by atoms with Crippen LogP contribution < -0.4 is 10.6 Å². The minimum absolute atomic E-state index is 0. The van der Waals surface area contributed by atoms with Crippen LogP contribution in [0.15, 0.2) is 29.3 Å². The summed E-state index contributed by atoms with van der Waals surface area (Å²) in [5.41, 5.74) is 1.05. The SMILES string of the molecule is CCNC(=NCC1CCS(=O)(=O)C1)NCCc1ccc(F)cc1.I. The molecule has 1 unspecified atom stereocenters. The van der Waals surface area contributed by atoms with E-state index in [4.69, 9.17) is 0 Å². The van der Waals surface area contributed by atoms with E-state index in [1.165, 1.54) is 12.1 Å². The van der Waals surface area contributed by atoms with Crippen molar-refractivity contribution in [1.82, 2.24) is 10.6 Å². The summed E-state index contributed by atoms with van der Waals surface area (Å²) < 4.78 is 35.8. The Kier molecular flexibility index (Phi) is 8.96. The van der Waals surface area contributed by atoms with Crippen molar-refractivity contribution in [2.75, 3.05) is 31.1 Å². The lowest BCUT2D eigenvalue weighted by atomic mass is 10.1. The number of nitrogens with one attached hydrogen (secondary N) is 2. The van der Waals surface area contributed by atoms with E-state index in [9.17, 15) is 12.8 Å². The summed E-state index contributed by atoms with van der Waals surface area (Å²) in [6.45, 7) is 3.92. The van der Waals surface area contributed by atoms with E-state index >= 15 is 0 Å². The van der Waals surface area contributed by atoms with Crippen LogP contribution in [0.4, 0.5) is 4.39 Å². The Morgan fingerprint density at radius 2 is 2.00 bits per heavy atom. The molecular formula is C16H25FIN3O2S. The lowest BCUT2D eigenvalue weighted by molar-refractivity contribution is 0.589. The van der Waals surface area contributed by atoms with Gasteiger partial charge >= 0.3 is 0 Å². The predicted molar refractivity (Wildman–Crippen MR) is 106 cm³/mol. The summed E-state index contributed by atoms with van der Waals surface area (Å²) in [6.07, 6.45) is 1.46. The molecule has 2 rings (SSSR count). The first kappa shape index (κ1) is 21.1. The fraction of sp³-hybridized carbons (Fsp3) is 0.562. The van der Waals surface area contributed by atoms with E-state index in [0.29, 0.717) is 25.5 Å². The number of hydrogen-bond donors (Lipinski definition) is 2. The maximum atomic E-state index is 12.9. The van der Waals surface area contributed by atoms with Gasteiger partial charge in [0, 0.05) is 19.6 Å². The van der Waals surface area contributed by atoms with E-state index in [2.05, 4.69) is 15.6 Å². The summed E-state index contributed by atoms with van der Waals surface area (Å²) in [7, 11) is -2.85. The maximum absolute atomic E-state index is 12.9.